The van der Waals surface area contributed by atoms with Crippen LogP contribution in [0.15, 0.2) is 0 Å². The zero-order valence-corrected chi connectivity index (χ0v) is 12.9. The van der Waals surface area contributed by atoms with Crippen LogP contribution in [0.1, 0.15) is 38.5 Å². The molecule has 0 N–H and O–H groups in total. The van der Waals surface area contributed by atoms with Crippen LogP contribution < -0.4 is 0 Å². The Hall–Kier alpha value is 0.500. The van der Waals surface area contributed by atoms with Crippen LogP contribution in [-0.4, -0.2) is 38.7 Å². The Morgan fingerprint density at radius 3 is 2.28 bits per heavy atom. The Labute approximate surface area is 121 Å². The summed E-state index contributed by atoms with van der Waals surface area (Å²) < 4.78 is 10.6. The summed E-state index contributed by atoms with van der Waals surface area (Å²) in [6, 6.07) is 0. The van der Waals surface area contributed by atoms with Crippen molar-refractivity contribution in [1.82, 2.24) is 0 Å². The number of methoxy groups -OCH3 is 1. The lowest BCUT2D eigenvalue weighted by atomic mass is 9.75. The molecule has 0 amide bonds. The molecule has 18 heavy (non-hydrogen) atoms. The lowest BCUT2D eigenvalue weighted by molar-refractivity contribution is 0.0701. The van der Waals surface area contributed by atoms with Crippen LogP contribution in [-0.2, 0) is 9.47 Å². The third kappa shape index (κ3) is 4.88. The molecular formula is C14H26Cl2O2. The van der Waals surface area contributed by atoms with Crippen LogP contribution in [0.4, 0.5) is 0 Å². The number of ether oxygens (including phenoxy) is 2. The molecule has 0 bridgehead atoms. The van der Waals surface area contributed by atoms with Gasteiger partial charge in [0.25, 0.3) is 0 Å². The summed E-state index contributed by atoms with van der Waals surface area (Å²) in [5, 5.41) is 0. The average molecular weight is 297 g/mol. The van der Waals surface area contributed by atoms with Crippen molar-refractivity contribution >= 4 is 23.2 Å². The van der Waals surface area contributed by atoms with Crippen LogP contribution in [0.2, 0.25) is 0 Å². The first-order chi connectivity index (χ1) is 8.79. The van der Waals surface area contributed by atoms with Crippen LogP contribution in [0.3, 0.4) is 0 Å². The number of hydrogen-bond acceptors (Lipinski definition) is 2. The van der Waals surface area contributed by atoms with Crippen molar-refractivity contribution in [3.05, 3.63) is 0 Å². The van der Waals surface area contributed by atoms with Gasteiger partial charge in [0.05, 0.1) is 0 Å². The number of hydrogen-bond donors (Lipinski definition) is 0. The molecule has 1 rings (SSSR count). The van der Waals surface area contributed by atoms with Crippen molar-refractivity contribution < 1.29 is 9.47 Å². The van der Waals surface area contributed by atoms with Gasteiger partial charge in [0.2, 0.25) is 0 Å². The Bertz CT molecular complexity index is 202. The molecule has 108 valence electrons. The summed E-state index contributed by atoms with van der Waals surface area (Å²) in [4.78, 5) is 0. The summed E-state index contributed by atoms with van der Waals surface area (Å²) in [5.41, 5.74) is 0.0842. The molecule has 0 radical (unpaired) electrons. The zero-order valence-electron chi connectivity index (χ0n) is 11.4. The predicted octanol–water partition coefficient (Wildman–Crippen LogP) is 4.08. The van der Waals surface area contributed by atoms with E-state index in [4.69, 9.17) is 32.7 Å². The van der Waals surface area contributed by atoms with Crippen LogP contribution in [0, 0.1) is 11.3 Å². The maximum absolute atomic E-state index is 6.21. The van der Waals surface area contributed by atoms with Gasteiger partial charge >= 0.3 is 0 Å². The maximum atomic E-state index is 6.21. The highest BCUT2D eigenvalue weighted by Crippen LogP contribution is 2.44. The van der Waals surface area contributed by atoms with Gasteiger partial charge in [-0.1, -0.05) is 12.8 Å². The van der Waals surface area contributed by atoms with E-state index in [0.29, 0.717) is 17.7 Å². The topological polar surface area (TPSA) is 18.5 Å². The minimum Gasteiger partial charge on any atom is -0.385 e. The molecule has 0 aromatic carbocycles. The second-order valence-electron chi connectivity index (χ2n) is 5.32. The molecular weight excluding hydrogens is 271 g/mol. The molecule has 0 atom stereocenters. The smallest absolute Gasteiger partial charge is 0.0487 e. The molecule has 0 aromatic rings. The summed E-state index contributed by atoms with van der Waals surface area (Å²) in [5.74, 6) is 2.00. The molecule has 1 saturated carbocycles. The highest BCUT2D eigenvalue weighted by molar-refractivity contribution is 6.21. The number of alkyl halides is 2. The molecule has 1 aliphatic rings. The van der Waals surface area contributed by atoms with Crippen molar-refractivity contribution in [2.24, 2.45) is 11.3 Å². The van der Waals surface area contributed by atoms with Crippen LogP contribution >= 0.6 is 23.2 Å². The van der Waals surface area contributed by atoms with Crippen LogP contribution in [0.25, 0.3) is 0 Å². The number of rotatable bonds is 10. The first-order valence-corrected chi connectivity index (χ1v) is 8.04. The fourth-order valence-electron chi connectivity index (χ4n) is 2.81. The van der Waals surface area contributed by atoms with Gasteiger partial charge in [-0.25, -0.2) is 0 Å². The third-order valence-corrected chi connectivity index (χ3v) is 5.20. The van der Waals surface area contributed by atoms with Crippen molar-refractivity contribution in [3.63, 3.8) is 0 Å². The summed E-state index contributed by atoms with van der Waals surface area (Å²) in [7, 11) is 1.71. The Kier molecular flexibility index (Phi) is 8.66. The average Bonchev–Trinajstić information content (AvgIpc) is 2.93. The quantitative estimate of drug-likeness (QED) is 0.447. The van der Waals surface area contributed by atoms with Crippen molar-refractivity contribution in [3.8, 4) is 0 Å². The van der Waals surface area contributed by atoms with Gasteiger partial charge < -0.3 is 9.47 Å². The first kappa shape index (κ1) is 16.6. The molecule has 1 aliphatic carbocycles. The zero-order chi connectivity index (χ0) is 13.3. The van der Waals surface area contributed by atoms with E-state index in [0.717, 1.165) is 32.7 Å². The molecule has 0 saturated heterocycles. The molecule has 4 heteroatoms. The standard InChI is InChI=1S/C14H26Cl2O2/c1-17-8-4-9-18-10-7-14(11-15,12-16)13-5-2-3-6-13/h13H,2-12H2,1H3. The fourth-order valence-corrected chi connectivity index (χ4v) is 3.80. The molecule has 2 nitrogen and oxygen atoms in total. The molecule has 0 heterocycles. The summed E-state index contributed by atoms with van der Waals surface area (Å²) in [6.45, 7) is 2.29. The third-order valence-electron chi connectivity index (χ3n) is 4.13. The van der Waals surface area contributed by atoms with E-state index in [9.17, 15) is 0 Å². The molecule has 1 fully saturated rings. The number of halogens is 2. The SMILES string of the molecule is COCCCOCCC(CCl)(CCl)C1CCCC1. The minimum absolute atomic E-state index is 0.0842. The lowest BCUT2D eigenvalue weighted by Crippen LogP contribution is -2.34. The second kappa shape index (κ2) is 9.41. The first-order valence-electron chi connectivity index (χ1n) is 6.97. The highest BCUT2D eigenvalue weighted by Gasteiger charge is 2.38. The molecule has 0 aliphatic heterocycles. The van der Waals surface area contributed by atoms with Gasteiger partial charge in [-0.15, -0.1) is 23.2 Å². The van der Waals surface area contributed by atoms with Gasteiger partial charge in [-0.3, -0.25) is 0 Å². The minimum atomic E-state index is 0.0842. The predicted molar refractivity (Wildman–Crippen MR) is 77.8 cm³/mol. The van der Waals surface area contributed by atoms with Crippen LogP contribution in [0.5, 0.6) is 0 Å². The van der Waals surface area contributed by atoms with E-state index in [1.165, 1.54) is 25.7 Å². The largest absolute Gasteiger partial charge is 0.385 e. The fraction of sp³-hybridized carbons (Fsp3) is 1.00. The Morgan fingerprint density at radius 2 is 1.72 bits per heavy atom. The van der Waals surface area contributed by atoms with Gasteiger partial charge in [0, 0.05) is 44.1 Å². The van der Waals surface area contributed by atoms with E-state index in [1.54, 1.807) is 7.11 Å². The van der Waals surface area contributed by atoms with Gasteiger partial charge in [0.1, 0.15) is 0 Å². The van der Waals surface area contributed by atoms with E-state index in [-0.39, 0.29) is 5.41 Å². The van der Waals surface area contributed by atoms with E-state index in [1.807, 2.05) is 0 Å². The summed E-state index contributed by atoms with van der Waals surface area (Å²) in [6.07, 6.45) is 7.16. The van der Waals surface area contributed by atoms with Gasteiger partial charge in [-0.2, -0.15) is 0 Å². The monoisotopic (exact) mass is 296 g/mol. The van der Waals surface area contributed by atoms with Gasteiger partial charge in [0.15, 0.2) is 0 Å². The van der Waals surface area contributed by atoms with Crippen molar-refractivity contribution in [1.29, 1.82) is 0 Å². The normalized spacial score (nSPS) is 17.5. The second-order valence-corrected chi connectivity index (χ2v) is 5.85. The van der Waals surface area contributed by atoms with E-state index in [2.05, 4.69) is 0 Å². The Balaban J connectivity index is 2.28. The van der Waals surface area contributed by atoms with E-state index >= 15 is 0 Å². The lowest BCUT2D eigenvalue weighted by Gasteiger charge is -2.36. The van der Waals surface area contributed by atoms with Crippen molar-refractivity contribution in [2.45, 2.75) is 38.5 Å². The maximum Gasteiger partial charge on any atom is 0.0487 e. The molecule has 0 spiro atoms. The highest BCUT2D eigenvalue weighted by atomic mass is 35.5. The van der Waals surface area contributed by atoms with Crippen molar-refractivity contribution in [2.75, 3.05) is 38.7 Å². The molecule has 0 unspecified atom stereocenters. The van der Waals surface area contributed by atoms with E-state index < -0.39 is 0 Å². The molecule has 0 aromatic heterocycles. The Morgan fingerprint density at radius 1 is 1.06 bits per heavy atom. The summed E-state index contributed by atoms with van der Waals surface area (Å²) >= 11 is 12.4. The van der Waals surface area contributed by atoms with Gasteiger partial charge in [-0.05, 0) is 31.6 Å².